The lowest BCUT2D eigenvalue weighted by molar-refractivity contribution is -0.141. The molecule has 1 aromatic rings. The Balaban J connectivity index is 1.99. The second-order valence-electron chi connectivity index (χ2n) is 4.77. The fraction of sp³-hybridized carbons (Fsp3) is 0.429. The van der Waals surface area contributed by atoms with Crippen molar-refractivity contribution in [3.63, 3.8) is 0 Å². The van der Waals surface area contributed by atoms with E-state index in [-0.39, 0.29) is 12.1 Å². The third kappa shape index (κ3) is 3.05. The smallest absolute Gasteiger partial charge is 0.326 e. The number of rotatable bonds is 3. The molecule has 0 radical (unpaired) electrons. The predicted molar refractivity (Wildman–Crippen MR) is 70.8 cm³/mol. The van der Waals surface area contributed by atoms with Crippen LogP contribution in [0.4, 0.5) is 4.79 Å². The summed E-state index contributed by atoms with van der Waals surface area (Å²) in [5, 5.41) is 11.9. The van der Waals surface area contributed by atoms with Crippen LogP contribution in [0.5, 0.6) is 0 Å². The number of nitrogens with zero attached hydrogens (tertiary/aromatic N) is 1. The van der Waals surface area contributed by atoms with Gasteiger partial charge in [-0.15, -0.1) is 0 Å². The number of carboxylic acids is 1. The molecule has 1 heterocycles. The summed E-state index contributed by atoms with van der Waals surface area (Å²) in [5.41, 5.74) is 1.00. The molecule has 2 atom stereocenters. The minimum Gasteiger partial charge on any atom is -0.480 e. The number of hydrogen-bond donors (Lipinski definition) is 2. The van der Waals surface area contributed by atoms with Crippen LogP contribution in [0.3, 0.4) is 0 Å². The van der Waals surface area contributed by atoms with Crippen molar-refractivity contribution in [1.29, 1.82) is 0 Å². The van der Waals surface area contributed by atoms with Crippen LogP contribution in [0.1, 0.15) is 31.4 Å². The van der Waals surface area contributed by atoms with Crippen molar-refractivity contribution in [2.24, 2.45) is 0 Å². The van der Waals surface area contributed by atoms with Gasteiger partial charge in [-0.1, -0.05) is 30.3 Å². The maximum absolute atomic E-state index is 12.1. The van der Waals surface area contributed by atoms with E-state index in [9.17, 15) is 9.59 Å². The van der Waals surface area contributed by atoms with Gasteiger partial charge in [-0.3, -0.25) is 0 Å². The van der Waals surface area contributed by atoms with Crippen LogP contribution in [0.2, 0.25) is 0 Å². The summed E-state index contributed by atoms with van der Waals surface area (Å²) >= 11 is 0. The van der Waals surface area contributed by atoms with Gasteiger partial charge in [-0.25, -0.2) is 9.59 Å². The van der Waals surface area contributed by atoms with Gasteiger partial charge in [0.15, 0.2) is 0 Å². The molecular weight excluding hydrogens is 244 g/mol. The molecule has 0 aliphatic carbocycles. The third-order valence-corrected chi connectivity index (χ3v) is 3.44. The first-order chi connectivity index (χ1) is 9.09. The first kappa shape index (κ1) is 13.4. The van der Waals surface area contributed by atoms with E-state index in [1.54, 1.807) is 0 Å². The molecule has 1 aliphatic rings. The molecule has 1 saturated heterocycles. The molecule has 5 nitrogen and oxygen atoms in total. The van der Waals surface area contributed by atoms with Crippen molar-refractivity contribution in [2.45, 2.75) is 31.8 Å². The Morgan fingerprint density at radius 3 is 2.68 bits per heavy atom. The number of hydrogen-bond acceptors (Lipinski definition) is 2. The van der Waals surface area contributed by atoms with Crippen molar-refractivity contribution in [2.75, 3.05) is 6.54 Å². The summed E-state index contributed by atoms with van der Waals surface area (Å²) in [7, 11) is 0. The largest absolute Gasteiger partial charge is 0.480 e. The number of benzene rings is 1. The highest BCUT2D eigenvalue weighted by Gasteiger charge is 2.34. The number of amides is 2. The van der Waals surface area contributed by atoms with Crippen molar-refractivity contribution in [3.05, 3.63) is 35.9 Å². The summed E-state index contributed by atoms with van der Waals surface area (Å²) in [6, 6.07) is 8.47. The predicted octanol–water partition coefficient (Wildman–Crippen LogP) is 2.01. The number of carbonyl (C=O) groups is 2. The van der Waals surface area contributed by atoms with E-state index in [0.29, 0.717) is 13.0 Å². The minimum atomic E-state index is -0.931. The van der Waals surface area contributed by atoms with Crippen LogP contribution in [0.15, 0.2) is 30.3 Å². The number of urea groups is 1. The maximum Gasteiger partial charge on any atom is 0.326 e. The fourth-order valence-corrected chi connectivity index (χ4v) is 2.36. The maximum atomic E-state index is 12.1. The van der Waals surface area contributed by atoms with E-state index in [1.165, 1.54) is 4.90 Å². The highest BCUT2D eigenvalue weighted by atomic mass is 16.4. The molecule has 102 valence electrons. The van der Waals surface area contributed by atoms with Gasteiger partial charge in [0, 0.05) is 6.54 Å². The zero-order chi connectivity index (χ0) is 13.8. The number of aliphatic carboxylic acids is 1. The third-order valence-electron chi connectivity index (χ3n) is 3.44. The van der Waals surface area contributed by atoms with Gasteiger partial charge in [0.2, 0.25) is 0 Å². The van der Waals surface area contributed by atoms with Gasteiger partial charge >= 0.3 is 12.0 Å². The Kier molecular flexibility index (Phi) is 4.04. The van der Waals surface area contributed by atoms with E-state index < -0.39 is 12.0 Å². The molecule has 2 N–H and O–H groups in total. The summed E-state index contributed by atoms with van der Waals surface area (Å²) in [6.45, 7) is 2.39. The second kappa shape index (κ2) is 5.73. The fourth-order valence-electron chi connectivity index (χ4n) is 2.36. The van der Waals surface area contributed by atoms with E-state index >= 15 is 0 Å². The van der Waals surface area contributed by atoms with E-state index in [1.807, 2.05) is 37.3 Å². The molecule has 0 saturated carbocycles. The first-order valence-electron chi connectivity index (χ1n) is 6.44. The number of carboxylic acid groups (broad SMARTS) is 1. The molecule has 1 aromatic carbocycles. The van der Waals surface area contributed by atoms with Crippen molar-refractivity contribution < 1.29 is 14.7 Å². The standard InChI is InChI=1S/C14H18N2O3/c1-10(11-6-3-2-4-7-11)15-14(19)16-9-5-8-12(16)13(17)18/h2-4,6-7,10,12H,5,8-9H2,1H3,(H,15,19)(H,17,18)/t10-,12-/m0/s1. The molecule has 5 heteroatoms. The van der Waals surface area contributed by atoms with Gasteiger partial charge in [-0.05, 0) is 25.3 Å². The highest BCUT2D eigenvalue weighted by Crippen LogP contribution is 2.19. The molecule has 1 aliphatic heterocycles. The second-order valence-corrected chi connectivity index (χ2v) is 4.77. The quantitative estimate of drug-likeness (QED) is 0.875. The molecular formula is C14H18N2O3. The van der Waals surface area contributed by atoms with Crippen molar-refractivity contribution >= 4 is 12.0 Å². The Morgan fingerprint density at radius 1 is 1.37 bits per heavy atom. The number of carbonyl (C=O) groups excluding carboxylic acids is 1. The van der Waals surface area contributed by atoms with Crippen LogP contribution in [0.25, 0.3) is 0 Å². The average molecular weight is 262 g/mol. The minimum absolute atomic E-state index is 0.135. The summed E-state index contributed by atoms with van der Waals surface area (Å²) < 4.78 is 0. The van der Waals surface area contributed by atoms with Gasteiger partial charge in [0.1, 0.15) is 6.04 Å². The number of nitrogens with one attached hydrogen (secondary N) is 1. The lowest BCUT2D eigenvalue weighted by Gasteiger charge is -2.24. The molecule has 2 amide bonds. The van der Waals surface area contributed by atoms with Gasteiger partial charge in [0.25, 0.3) is 0 Å². The van der Waals surface area contributed by atoms with Crippen LogP contribution in [0, 0.1) is 0 Å². The summed E-state index contributed by atoms with van der Waals surface area (Å²) in [4.78, 5) is 24.6. The Labute approximate surface area is 112 Å². The number of likely N-dealkylation sites (tertiary alicyclic amines) is 1. The summed E-state index contributed by atoms with van der Waals surface area (Å²) in [5.74, 6) is -0.931. The Morgan fingerprint density at radius 2 is 2.05 bits per heavy atom. The Bertz CT molecular complexity index is 461. The molecule has 2 rings (SSSR count). The van der Waals surface area contributed by atoms with Crippen LogP contribution < -0.4 is 5.32 Å². The molecule has 0 unspecified atom stereocenters. The lowest BCUT2D eigenvalue weighted by atomic mass is 10.1. The van der Waals surface area contributed by atoms with Crippen LogP contribution in [-0.4, -0.2) is 34.6 Å². The van der Waals surface area contributed by atoms with E-state index in [0.717, 1.165) is 12.0 Å². The SMILES string of the molecule is C[C@H](NC(=O)N1CCC[C@H]1C(=O)O)c1ccccc1. The van der Waals surface area contributed by atoms with Gasteiger partial charge in [0.05, 0.1) is 6.04 Å². The summed E-state index contributed by atoms with van der Waals surface area (Å²) in [6.07, 6.45) is 1.27. The molecule has 0 spiro atoms. The van der Waals surface area contributed by atoms with Gasteiger partial charge in [-0.2, -0.15) is 0 Å². The average Bonchev–Trinajstić information content (AvgIpc) is 2.89. The van der Waals surface area contributed by atoms with Crippen LogP contribution in [-0.2, 0) is 4.79 Å². The monoisotopic (exact) mass is 262 g/mol. The zero-order valence-corrected chi connectivity index (χ0v) is 10.9. The molecule has 0 aromatic heterocycles. The van der Waals surface area contributed by atoms with Crippen molar-refractivity contribution in [1.82, 2.24) is 10.2 Å². The normalized spacial score (nSPS) is 20.1. The highest BCUT2D eigenvalue weighted by molar-refractivity contribution is 5.83. The topological polar surface area (TPSA) is 69.6 Å². The molecule has 1 fully saturated rings. The van der Waals surface area contributed by atoms with Crippen molar-refractivity contribution in [3.8, 4) is 0 Å². The van der Waals surface area contributed by atoms with E-state index in [4.69, 9.17) is 5.11 Å². The van der Waals surface area contributed by atoms with E-state index in [2.05, 4.69) is 5.32 Å². The molecule has 19 heavy (non-hydrogen) atoms. The first-order valence-corrected chi connectivity index (χ1v) is 6.44. The zero-order valence-electron chi connectivity index (χ0n) is 10.9. The Hall–Kier alpha value is -2.04. The lowest BCUT2D eigenvalue weighted by Crippen LogP contribution is -2.46. The van der Waals surface area contributed by atoms with Crippen LogP contribution >= 0.6 is 0 Å². The van der Waals surface area contributed by atoms with Gasteiger partial charge < -0.3 is 15.3 Å². The molecule has 0 bridgehead atoms.